The Morgan fingerprint density at radius 1 is 1.25 bits per heavy atom. The van der Waals surface area contributed by atoms with E-state index in [4.69, 9.17) is 5.73 Å². The third-order valence-corrected chi connectivity index (χ3v) is 3.70. The van der Waals surface area contributed by atoms with Crippen LogP contribution in [0.15, 0.2) is 36.5 Å². The summed E-state index contributed by atoms with van der Waals surface area (Å²) >= 11 is 0. The van der Waals surface area contributed by atoms with Crippen molar-refractivity contribution in [3.05, 3.63) is 42.2 Å². The molecule has 0 spiro atoms. The smallest absolute Gasteiger partial charge is 0.272 e. The van der Waals surface area contributed by atoms with Crippen LogP contribution in [0.5, 0.6) is 0 Å². The molecule has 0 radical (unpaired) electrons. The average Bonchev–Trinajstić information content (AvgIpc) is 3.10. The number of nitrogens with zero attached hydrogens (tertiary/aromatic N) is 2. The molecule has 5 nitrogen and oxygen atoms in total. The lowest BCUT2D eigenvalue weighted by Crippen LogP contribution is -2.32. The SMILES string of the molecule is Nc1ccccc1-n1ccc(C(=O)NC2CCCC2)n1. The summed E-state index contributed by atoms with van der Waals surface area (Å²) in [6.07, 6.45) is 6.28. The molecule has 3 N–H and O–H groups in total. The van der Waals surface area contributed by atoms with Crippen LogP contribution in [0.2, 0.25) is 0 Å². The highest BCUT2D eigenvalue weighted by Gasteiger charge is 2.19. The Labute approximate surface area is 117 Å². The van der Waals surface area contributed by atoms with E-state index in [2.05, 4.69) is 10.4 Å². The lowest BCUT2D eigenvalue weighted by atomic mass is 10.2. The van der Waals surface area contributed by atoms with Crippen molar-refractivity contribution >= 4 is 11.6 Å². The molecule has 1 saturated carbocycles. The third kappa shape index (κ3) is 2.52. The van der Waals surface area contributed by atoms with Crippen molar-refractivity contribution in [2.45, 2.75) is 31.7 Å². The maximum absolute atomic E-state index is 12.1. The Morgan fingerprint density at radius 3 is 2.75 bits per heavy atom. The standard InChI is InChI=1S/C15H18N4O/c16-12-7-3-4-8-14(12)19-10-9-13(18-19)15(20)17-11-5-1-2-6-11/h3-4,7-11H,1-2,5-6,16H2,(H,17,20). The van der Waals surface area contributed by atoms with Crippen LogP contribution in [0.1, 0.15) is 36.2 Å². The van der Waals surface area contributed by atoms with E-state index in [-0.39, 0.29) is 5.91 Å². The summed E-state index contributed by atoms with van der Waals surface area (Å²) in [6.45, 7) is 0. The fourth-order valence-corrected chi connectivity index (χ4v) is 2.60. The van der Waals surface area contributed by atoms with Gasteiger partial charge in [-0.25, -0.2) is 4.68 Å². The van der Waals surface area contributed by atoms with Gasteiger partial charge in [0.05, 0.1) is 11.4 Å². The van der Waals surface area contributed by atoms with Gasteiger partial charge >= 0.3 is 0 Å². The number of nitrogens with one attached hydrogen (secondary N) is 1. The van der Waals surface area contributed by atoms with Gasteiger partial charge in [-0.3, -0.25) is 4.79 Å². The van der Waals surface area contributed by atoms with E-state index in [9.17, 15) is 4.79 Å². The molecular formula is C15H18N4O. The van der Waals surface area contributed by atoms with Gasteiger partial charge in [0.2, 0.25) is 0 Å². The third-order valence-electron chi connectivity index (χ3n) is 3.70. The van der Waals surface area contributed by atoms with Gasteiger partial charge < -0.3 is 11.1 Å². The van der Waals surface area contributed by atoms with Gasteiger partial charge in [-0.1, -0.05) is 25.0 Å². The summed E-state index contributed by atoms with van der Waals surface area (Å²) in [4.78, 5) is 12.1. The minimum Gasteiger partial charge on any atom is -0.397 e. The first-order valence-corrected chi connectivity index (χ1v) is 6.95. The van der Waals surface area contributed by atoms with Crippen LogP contribution in [0.4, 0.5) is 5.69 Å². The number of rotatable bonds is 3. The fourth-order valence-electron chi connectivity index (χ4n) is 2.60. The second-order valence-electron chi connectivity index (χ2n) is 5.16. The van der Waals surface area contributed by atoms with E-state index in [0.717, 1.165) is 18.5 Å². The van der Waals surface area contributed by atoms with Gasteiger partial charge in [0.15, 0.2) is 5.69 Å². The van der Waals surface area contributed by atoms with Crippen molar-refractivity contribution in [3.63, 3.8) is 0 Å². The number of nitrogen functional groups attached to an aromatic ring is 1. The maximum atomic E-state index is 12.1. The van der Waals surface area contributed by atoms with Gasteiger partial charge in [0, 0.05) is 12.2 Å². The van der Waals surface area contributed by atoms with Gasteiger partial charge in [-0.15, -0.1) is 0 Å². The van der Waals surface area contributed by atoms with E-state index in [1.165, 1.54) is 12.8 Å². The monoisotopic (exact) mass is 270 g/mol. The Bertz CT molecular complexity index is 614. The number of amides is 1. The van der Waals surface area contributed by atoms with E-state index < -0.39 is 0 Å². The first-order valence-electron chi connectivity index (χ1n) is 6.95. The van der Waals surface area contributed by atoms with Crippen LogP contribution in [0.3, 0.4) is 0 Å². The topological polar surface area (TPSA) is 72.9 Å². The van der Waals surface area contributed by atoms with Crippen LogP contribution in [0, 0.1) is 0 Å². The molecule has 1 aromatic carbocycles. The number of aromatic nitrogens is 2. The molecule has 1 aliphatic carbocycles. The highest BCUT2D eigenvalue weighted by molar-refractivity contribution is 5.92. The molecule has 1 aliphatic rings. The molecular weight excluding hydrogens is 252 g/mol. The van der Waals surface area contributed by atoms with Crippen molar-refractivity contribution in [1.29, 1.82) is 0 Å². The Hall–Kier alpha value is -2.30. The molecule has 0 atom stereocenters. The number of carbonyl (C=O) groups is 1. The molecule has 3 rings (SSSR count). The molecule has 1 aromatic heterocycles. The second kappa shape index (κ2) is 5.36. The Balaban J connectivity index is 1.76. The molecule has 104 valence electrons. The quantitative estimate of drug-likeness (QED) is 0.839. The average molecular weight is 270 g/mol. The minimum atomic E-state index is -0.106. The lowest BCUT2D eigenvalue weighted by molar-refractivity contribution is 0.0932. The summed E-state index contributed by atoms with van der Waals surface area (Å²) in [6, 6.07) is 9.48. The Morgan fingerprint density at radius 2 is 2.00 bits per heavy atom. The highest BCUT2D eigenvalue weighted by atomic mass is 16.2. The molecule has 20 heavy (non-hydrogen) atoms. The Kier molecular flexibility index (Phi) is 3.41. The maximum Gasteiger partial charge on any atom is 0.272 e. The van der Waals surface area contributed by atoms with Crippen molar-refractivity contribution in [3.8, 4) is 5.69 Å². The summed E-state index contributed by atoms with van der Waals surface area (Å²) in [5.74, 6) is -0.106. The summed E-state index contributed by atoms with van der Waals surface area (Å²) in [7, 11) is 0. The van der Waals surface area contributed by atoms with E-state index >= 15 is 0 Å². The lowest BCUT2D eigenvalue weighted by Gasteiger charge is -2.10. The molecule has 5 heteroatoms. The number of hydrogen-bond donors (Lipinski definition) is 2. The normalized spacial score (nSPS) is 15.4. The van der Waals surface area contributed by atoms with Crippen molar-refractivity contribution in [2.24, 2.45) is 0 Å². The van der Waals surface area contributed by atoms with Crippen LogP contribution in [0.25, 0.3) is 5.69 Å². The molecule has 1 amide bonds. The van der Waals surface area contributed by atoms with Gasteiger partial charge in [-0.05, 0) is 31.0 Å². The summed E-state index contributed by atoms with van der Waals surface area (Å²) in [5, 5.41) is 7.34. The van der Waals surface area contributed by atoms with Crippen LogP contribution >= 0.6 is 0 Å². The molecule has 1 fully saturated rings. The molecule has 0 unspecified atom stereocenters. The predicted molar refractivity (Wildman–Crippen MR) is 77.7 cm³/mol. The van der Waals surface area contributed by atoms with E-state index in [0.29, 0.717) is 17.4 Å². The van der Waals surface area contributed by atoms with Crippen molar-refractivity contribution in [1.82, 2.24) is 15.1 Å². The van der Waals surface area contributed by atoms with Gasteiger partial charge in [0.1, 0.15) is 0 Å². The molecule has 0 saturated heterocycles. The highest BCUT2D eigenvalue weighted by Crippen LogP contribution is 2.19. The van der Waals surface area contributed by atoms with Crippen LogP contribution in [-0.2, 0) is 0 Å². The number of benzene rings is 1. The van der Waals surface area contributed by atoms with Crippen LogP contribution in [-0.4, -0.2) is 21.7 Å². The molecule has 1 heterocycles. The molecule has 0 bridgehead atoms. The zero-order valence-corrected chi connectivity index (χ0v) is 11.2. The number of hydrogen-bond acceptors (Lipinski definition) is 3. The number of anilines is 1. The van der Waals surface area contributed by atoms with E-state index in [1.807, 2.05) is 24.3 Å². The first kappa shape index (κ1) is 12.7. The molecule has 2 aromatic rings. The fraction of sp³-hybridized carbons (Fsp3) is 0.333. The van der Waals surface area contributed by atoms with Gasteiger partial charge in [-0.2, -0.15) is 5.10 Å². The van der Waals surface area contributed by atoms with E-state index in [1.54, 1.807) is 16.9 Å². The molecule has 0 aliphatic heterocycles. The van der Waals surface area contributed by atoms with Gasteiger partial charge in [0.25, 0.3) is 5.91 Å². The minimum absolute atomic E-state index is 0.106. The largest absolute Gasteiger partial charge is 0.397 e. The zero-order valence-electron chi connectivity index (χ0n) is 11.2. The number of nitrogens with two attached hydrogens (primary N) is 1. The number of para-hydroxylation sites is 2. The van der Waals surface area contributed by atoms with Crippen molar-refractivity contribution in [2.75, 3.05) is 5.73 Å². The van der Waals surface area contributed by atoms with Crippen LogP contribution < -0.4 is 11.1 Å². The second-order valence-corrected chi connectivity index (χ2v) is 5.16. The summed E-state index contributed by atoms with van der Waals surface area (Å²) < 4.78 is 1.64. The van der Waals surface area contributed by atoms with Crippen molar-refractivity contribution < 1.29 is 4.79 Å². The predicted octanol–water partition coefficient (Wildman–Crippen LogP) is 2.13. The first-order chi connectivity index (χ1) is 9.74. The summed E-state index contributed by atoms with van der Waals surface area (Å²) in [5.41, 5.74) is 7.76. The number of carbonyl (C=O) groups excluding carboxylic acids is 1. The zero-order chi connectivity index (χ0) is 13.9.